The number of fused-ring (bicyclic) bond motifs is 2. The van der Waals surface area contributed by atoms with Gasteiger partial charge in [0, 0.05) is 28.9 Å². The van der Waals surface area contributed by atoms with Crippen LogP contribution in [0.1, 0.15) is 0 Å². The van der Waals surface area contributed by atoms with Crippen molar-refractivity contribution in [3.63, 3.8) is 0 Å². The molecular formula is C20H14N2S. The first-order chi connectivity index (χ1) is 11.4. The van der Waals surface area contributed by atoms with Crippen molar-refractivity contribution in [1.82, 2.24) is 4.98 Å². The molecule has 3 heteroatoms. The van der Waals surface area contributed by atoms with Crippen LogP contribution in [0.15, 0.2) is 94.5 Å². The molecule has 2 nitrogen and oxygen atoms in total. The van der Waals surface area contributed by atoms with Gasteiger partial charge in [0.25, 0.3) is 0 Å². The molecule has 0 aliphatic heterocycles. The van der Waals surface area contributed by atoms with Gasteiger partial charge in [0.2, 0.25) is 0 Å². The second kappa shape index (κ2) is 6.23. The van der Waals surface area contributed by atoms with E-state index in [2.05, 4.69) is 65.6 Å². The Morgan fingerprint density at radius 3 is 1.87 bits per heavy atom. The molecule has 1 aromatic heterocycles. The van der Waals surface area contributed by atoms with E-state index in [4.69, 9.17) is 4.40 Å². The van der Waals surface area contributed by atoms with Crippen LogP contribution in [-0.2, 0) is 0 Å². The van der Waals surface area contributed by atoms with Gasteiger partial charge < -0.3 is 0 Å². The Morgan fingerprint density at radius 2 is 1.26 bits per heavy atom. The summed E-state index contributed by atoms with van der Waals surface area (Å²) in [5.74, 6) is 0. The number of aromatic nitrogens is 1. The van der Waals surface area contributed by atoms with Crippen molar-refractivity contribution in [3.8, 4) is 0 Å². The van der Waals surface area contributed by atoms with Crippen molar-refractivity contribution in [3.05, 3.63) is 90.4 Å². The normalized spacial score (nSPS) is 10.8. The van der Waals surface area contributed by atoms with Crippen LogP contribution in [0, 0.1) is 0 Å². The highest BCUT2D eigenvalue weighted by Crippen LogP contribution is 2.19. The molecule has 23 heavy (non-hydrogen) atoms. The molecule has 0 saturated carbocycles. The van der Waals surface area contributed by atoms with E-state index in [0.29, 0.717) is 0 Å². The lowest BCUT2D eigenvalue weighted by Gasteiger charge is -1.97. The van der Waals surface area contributed by atoms with Crippen LogP contribution in [-0.4, -0.2) is 4.98 Å². The molecule has 0 fully saturated rings. The fraction of sp³-hybridized carbons (Fsp3) is 0. The molecule has 4 rings (SSSR count). The maximum absolute atomic E-state index is 4.83. The largest absolute Gasteiger partial charge is 0.248 e. The zero-order chi connectivity index (χ0) is 15.5. The van der Waals surface area contributed by atoms with Gasteiger partial charge >= 0.3 is 0 Å². The van der Waals surface area contributed by atoms with Crippen molar-refractivity contribution in [1.29, 1.82) is 0 Å². The monoisotopic (exact) mass is 314 g/mol. The van der Waals surface area contributed by atoms with Gasteiger partial charge in [0.15, 0.2) is 0 Å². The highest BCUT2D eigenvalue weighted by molar-refractivity contribution is 7.97. The first kappa shape index (κ1) is 14.0. The Kier molecular flexibility index (Phi) is 3.78. The number of nitrogens with zero attached hydrogens (tertiary/aromatic N) is 2. The number of rotatable bonds is 2. The van der Waals surface area contributed by atoms with E-state index < -0.39 is 0 Å². The molecule has 0 bridgehead atoms. The zero-order valence-corrected chi connectivity index (χ0v) is 13.2. The molecule has 0 unspecified atom stereocenters. The van der Waals surface area contributed by atoms with Gasteiger partial charge in [-0.25, -0.2) is 9.38 Å². The molecule has 1 heterocycles. The number of hydrogen-bond acceptors (Lipinski definition) is 3. The van der Waals surface area contributed by atoms with Gasteiger partial charge in [-0.1, -0.05) is 66.7 Å². The predicted octanol–water partition coefficient (Wildman–Crippen LogP) is 5.00. The molecule has 0 spiro atoms. The Balaban J connectivity index is 2.05. The molecule has 0 saturated heterocycles. The first-order valence-corrected chi connectivity index (χ1v) is 8.22. The Labute approximate surface area is 138 Å². The van der Waals surface area contributed by atoms with Gasteiger partial charge in [-0.05, 0) is 22.9 Å². The molecule has 0 radical (unpaired) electrons. The number of hydrogen-bond donors (Lipinski definition) is 0. The van der Waals surface area contributed by atoms with Crippen LogP contribution >= 0.6 is 11.9 Å². The topological polar surface area (TPSA) is 25.2 Å². The Bertz CT molecular complexity index is 982. The molecule has 4 aromatic rings. The Morgan fingerprint density at radius 1 is 0.652 bits per heavy atom. The smallest absolute Gasteiger partial charge is 0.119 e. The van der Waals surface area contributed by atoms with Gasteiger partial charge in [0.05, 0.1) is 5.36 Å². The Hall–Kier alpha value is -2.65. The van der Waals surface area contributed by atoms with Crippen LogP contribution in [0.25, 0.3) is 21.5 Å². The molecule has 0 aliphatic rings. The molecular weight excluding hydrogens is 300 g/mol. The number of pyridine rings is 1. The van der Waals surface area contributed by atoms with Crippen molar-refractivity contribution < 1.29 is 0 Å². The summed E-state index contributed by atoms with van der Waals surface area (Å²) in [6.45, 7) is 0. The van der Waals surface area contributed by atoms with Crippen LogP contribution < -0.4 is 5.36 Å². The van der Waals surface area contributed by atoms with Gasteiger partial charge in [0.1, 0.15) is 5.03 Å². The average molecular weight is 314 g/mol. The van der Waals surface area contributed by atoms with Gasteiger partial charge in [-0.15, -0.1) is 0 Å². The molecule has 110 valence electrons. The zero-order valence-electron chi connectivity index (χ0n) is 12.4. The second-order valence-corrected chi connectivity index (χ2v) is 5.99. The van der Waals surface area contributed by atoms with E-state index in [9.17, 15) is 0 Å². The van der Waals surface area contributed by atoms with Crippen LogP contribution in [0.3, 0.4) is 0 Å². The lowest BCUT2D eigenvalue weighted by Crippen LogP contribution is -2.00. The lowest BCUT2D eigenvalue weighted by molar-refractivity contribution is 1.13. The van der Waals surface area contributed by atoms with Crippen molar-refractivity contribution in [2.75, 3.05) is 0 Å². The quantitative estimate of drug-likeness (QED) is 0.487. The van der Waals surface area contributed by atoms with Crippen LogP contribution in [0.4, 0.5) is 0 Å². The van der Waals surface area contributed by atoms with E-state index in [1.54, 1.807) is 6.20 Å². The summed E-state index contributed by atoms with van der Waals surface area (Å²) in [4.78, 5) is 4.34. The maximum atomic E-state index is 4.83. The minimum Gasteiger partial charge on any atom is -0.248 e. The van der Waals surface area contributed by atoms with E-state index >= 15 is 0 Å². The predicted molar refractivity (Wildman–Crippen MR) is 97.1 cm³/mol. The standard InChI is InChI=1S/C20H14N2S/c1-3-9-17-15(7-1)12-13-16-8-2-4-10-18(16)20(17)22-23-19-11-5-6-14-21-19/h1-14H. The minimum absolute atomic E-state index is 0.896. The van der Waals surface area contributed by atoms with E-state index in [0.717, 1.165) is 21.2 Å². The van der Waals surface area contributed by atoms with Crippen LogP contribution in [0.5, 0.6) is 0 Å². The number of benzene rings is 2. The fourth-order valence-corrected chi connectivity index (χ4v) is 3.26. The molecule has 0 aliphatic carbocycles. The average Bonchev–Trinajstić information content (AvgIpc) is 2.78. The van der Waals surface area contributed by atoms with Gasteiger partial charge in [-0.3, -0.25) is 0 Å². The highest BCUT2D eigenvalue weighted by Gasteiger charge is 2.01. The molecule has 0 amide bonds. The van der Waals surface area contributed by atoms with E-state index in [-0.39, 0.29) is 0 Å². The van der Waals surface area contributed by atoms with Crippen molar-refractivity contribution in [2.24, 2.45) is 4.40 Å². The second-order valence-electron chi connectivity index (χ2n) is 5.21. The summed E-state index contributed by atoms with van der Waals surface area (Å²) >= 11 is 1.41. The van der Waals surface area contributed by atoms with Crippen LogP contribution in [0.2, 0.25) is 0 Å². The molecule has 0 atom stereocenters. The summed E-state index contributed by atoms with van der Waals surface area (Å²) in [6, 6.07) is 26.9. The summed E-state index contributed by atoms with van der Waals surface area (Å²) in [5, 5.41) is 6.56. The van der Waals surface area contributed by atoms with E-state index in [1.165, 1.54) is 22.7 Å². The van der Waals surface area contributed by atoms with Gasteiger partial charge in [-0.2, -0.15) is 0 Å². The molecule has 3 aromatic carbocycles. The lowest BCUT2D eigenvalue weighted by atomic mass is 10.1. The molecule has 0 N–H and O–H groups in total. The third-order valence-corrected chi connectivity index (χ3v) is 4.44. The highest BCUT2D eigenvalue weighted by atomic mass is 32.2. The summed E-state index contributed by atoms with van der Waals surface area (Å²) in [6.07, 6.45) is 1.79. The SMILES string of the molecule is c1ccc(SN=c2c3ccccc3ccc3ccccc23)nc1. The summed E-state index contributed by atoms with van der Waals surface area (Å²) < 4.78 is 4.83. The summed E-state index contributed by atoms with van der Waals surface area (Å²) in [7, 11) is 0. The fourth-order valence-electron chi connectivity index (χ4n) is 2.63. The first-order valence-electron chi connectivity index (χ1n) is 7.45. The van der Waals surface area contributed by atoms with E-state index in [1.807, 2.05) is 18.2 Å². The minimum atomic E-state index is 0.896. The third kappa shape index (κ3) is 2.83. The maximum Gasteiger partial charge on any atom is 0.119 e. The van der Waals surface area contributed by atoms with Crippen molar-refractivity contribution >= 4 is 33.5 Å². The van der Waals surface area contributed by atoms with Crippen molar-refractivity contribution in [2.45, 2.75) is 5.03 Å². The summed E-state index contributed by atoms with van der Waals surface area (Å²) in [5.41, 5.74) is 0. The third-order valence-electron chi connectivity index (χ3n) is 3.74.